The van der Waals surface area contributed by atoms with E-state index in [0.717, 1.165) is 53.9 Å². The zero-order valence-corrected chi connectivity index (χ0v) is 27.3. The smallest absolute Gasteiger partial charge is 0.269 e. The van der Waals surface area contributed by atoms with Crippen molar-refractivity contribution in [3.05, 3.63) is 84.7 Å². The minimum atomic E-state index is -0.499. The van der Waals surface area contributed by atoms with Crippen LogP contribution in [-0.4, -0.2) is 35.0 Å². The summed E-state index contributed by atoms with van der Waals surface area (Å²) in [5.74, 6) is 0.561. The first kappa shape index (κ1) is 31.0. The number of nitro benzene ring substituents is 1. The first-order valence-corrected chi connectivity index (χ1v) is 15.6. The number of carbonyl (C=O) groups excluding carboxylic acids is 2. The van der Waals surface area contributed by atoms with Crippen LogP contribution in [-0.2, 0) is 16.2 Å². The molecular weight excluding hydrogens is 612 g/mol. The molecule has 0 amide bonds. The number of hydrogen-bond donors (Lipinski definition) is 0. The minimum absolute atomic E-state index is 0.00861. The van der Waals surface area contributed by atoms with Crippen LogP contribution in [0.15, 0.2) is 63.4 Å². The summed E-state index contributed by atoms with van der Waals surface area (Å²) in [4.78, 5) is 41.1. The van der Waals surface area contributed by atoms with E-state index in [0.29, 0.717) is 34.4 Å². The minimum Gasteiger partial charge on any atom is -0.493 e. The monoisotopic (exact) mass is 650 g/mol. The number of Topliss-reactive ketones (excluding diaryl/α,β-unsaturated/α-hetero) is 2. The lowest BCUT2D eigenvalue weighted by Crippen LogP contribution is -2.44. The lowest BCUT2D eigenvalue weighted by atomic mass is 9.63. The van der Waals surface area contributed by atoms with Crippen LogP contribution in [0.25, 0.3) is 0 Å². The third kappa shape index (κ3) is 6.01. The summed E-state index contributed by atoms with van der Waals surface area (Å²) in [6.45, 7) is 11.5. The molecule has 8 nitrogen and oxygen atoms in total. The largest absolute Gasteiger partial charge is 0.493 e. The SMILES string of the molecule is CCCN1C2=C(C(=O)CC(C)(C)C2)C(c2cc(Br)c(OCc3cccc([N+](=O)[O-])c3)c(OC)c2)C2=C1CC(C)(C)CC2=O. The highest BCUT2D eigenvalue weighted by Crippen LogP contribution is 2.55. The number of halogens is 1. The van der Waals surface area contributed by atoms with Gasteiger partial charge in [0.2, 0.25) is 0 Å². The molecule has 43 heavy (non-hydrogen) atoms. The number of non-ortho nitro benzene ring substituents is 1. The number of rotatable bonds is 8. The molecule has 228 valence electrons. The standard InChI is InChI=1S/C34H39BrN2O6/c1-7-11-36-24-15-33(2,3)17-26(38)30(24)29(31-25(36)16-34(4,5)18-27(31)39)21-13-23(35)32(28(14-21)42-6)43-19-20-9-8-10-22(12-20)37(40)41/h8-10,12-14,29H,7,11,15-19H2,1-6H3. The summed E-state index contributed by atoms with van der Waals surface area (Å²) >= 11 is 3.67. The van der Waals surface area contributed by atoms with E-state index in [1.165, 1.54) is 12.1 Å². The molecule has 2 aromatic rings. The first-order chi connectivity index (χ1) is 20.2. The van der Waals surface area contributed by atoms with Gasteiger partial charge in [0.15, 0.2) is 23.1 Å². The van der Waals surface area contributed by atoms with Gasteiger partial charge >= 0.3 is 0 Å². The number of benzene rings is 2. The van der Waals surface area contributed by atoms with E-state index < -0.39 is 10.8 Å². The Labute approximate surface area is 261 Å². The average molecular weight is 652 g/mol. The molecule has 0 fully saturated rings. The second-order valence-corrected chi connectivity index (χ2v) is 14.3. The van der Waals surface area contributed by atoms with Crippen molar-refractivity contribution in [2.45, 2.75) is 79.2 Å². The Bertz CT molecular complexity index is 1520. The van der Waals surface area contributed by atoms with Crippen LogP contribution in [0.3, 0.4) is 0 Å². The molecule has 1 heterocycles. The molecule has 0 bridgehead atoms. The van der Waals surface area contributed by atoms with Crippen molar-refractivity contribution >= 4 is 33.2 Å². The van der Waals surface area contributed by atoms with E-state index in [2.05, 4.69) is 55.4 Å². The average Bonchev–Trinajstić information content (AvgIpc) is 2.91. The van der Waals surface area contributed by atoms with Gasteiger partial charge in [-0.15, -0.1) is 0 Å². The molecule has 5 rings (SSSR count). The molecule has 0 saturated carbocycles. The molecule has 0 N–H and O–H groups in total. The molecule has 2 aliphatic carbocycles. The summed E-state index contributed by atoms with van der Waals surface area (Å²) < 4.78 is 12.5. The number of hydrogen-bond acceptors (Lipinski definition) is 7. The van der Waals surface area contributed by atoms with Crippen LogP contribution in [0.1, 0.15) is 83.8 Å². The molecular formula is C34H39BrN2O6. The van der Waals surface area contributed by atoms with Crippen molar-refractivity contribution in [2.24, 2.45) is 10.8 Å². The predicted molar refractivity (Wildman–Crippen MR) is 168 cm³/mol. The second kappa shape index (κ2) is 11.6. The fraction of sp³-hybridized carbons (Fsp3) is 0.471. The fourth-order valence-corrected chi connectivity index (χ4v) is 7.41. The lowest BCUT2D eigenvalue weighted by molar-refractivity contribution is -0.384. The molecule has 0 spiro atoms. The summed E-state index contributed by atoms with van der Waals surface area (Å²) in [5.41, 5.74) is 4.59. The van der Waals surface area contributed by atoms with Crippen molar-refractivity contribution < 1.29 is 24.0 Å². The Morgan fingerprint density at radius 1 is 0.977 bits per heavy atom. The van der Waals surface area contributed by atoms with Gasteiger partial charge in [-0.1, -0.05) is 46.8 Å². The highest BCUT2D eigenvalue weighted by atomic mass is 79.9. The second-order valence-electron chi connectivity index (χ2n) is 13.4. The van der Waals surface area contributed by atoms with Gasteiger partial charge in [-0.2, -0.15) is 0 Å². The van der Waals surface area contributed by atoms with Crippen LogP contribution >= 0.6 is 15.9 Å². The van der Waals surface area contributed by atoms with Crippen LogP contribution < -0.4 is 9.47 Å². The molecule has 3 aliphatic rings. The molecule has 0 unspecified atom stereocenters. The highest BCUT2D eigenvalue weighted by molar-refractivity contribution is 9.10. The van der Waals surface area contributed by atoms with Gasteiger partial charge in [0.1, 0.15) is 6.61 Å². The van der Waals surface area contributed by atoms with Crippen LogP contribution in [0.5, 0.6) is 11.5 Å². The van der Waals surface area contributed by atoms with Crippen molar-refractivity contribution in [1.82, 2.24) is 4.90 Å². The zero-order chi connectivity index (χ0) is 31.3. The highest BCUT2D eigenvalue weighted by Gasteiger charge is 2.49. The Hall–Kier alpha value is -3.46. The van der Waals surface area contributed by atoms with E-state index in [1.54, 1.807) is 19.2 Å². The Balaban J connectivity index is 1.63. The normalized spacial score (nSPS) is 19.7. The van der Waals surface area contributed by atoms with Gasteiger partial charge in [0.25, 0.3) is 5.69 Å². The maximum Gasteiger partial charge on any atom is 0.269 e. The Kier molecular flexibility index (Phi) is 8.33. The maximum absolute atomic E-state index is 14.0. The lowest BCUT2D eigenvalue weighted by Gasteiger charge is -2.49. The predicted octanol–water partition coefficient (Wildman–Crippen LogP) is 8.04. The molecule has 0 aromatic heterocycles. The van der Waals surface area contributed by atoms with Gasteiger partial charge in [0.05, 0.1) is 16.5 Å². The first-order valence-electron chi connectivity index (χ1n) is 14.8. The Morgan fingerprint density at radius 2 is 1.58 bits per heavy atom. The van der Waals surface area contributed by atoms with Crippen LogP contribution in [0, 0.1) is 20.9 Å². The van der Waals surface area contributed by atoms with Crippen molar-refractivity contribution in [3.63, 3.8) is 0 Å². The van der Waals surface area contributed by atoms with Gasteiger partial charge in [-0.05, 0) is 69.3 Å². The third-order valence-electron chi connectivity index (χ3n) is 8.56. The fourth-order valence-electron chi connectivity index (χ4n) is 6.84. The van der Waals surface area contributed by atoms with Crippen molar-refractivity contribution in [2.75, 3.05) is 13.7 Å². The van der Waals surface area contributed by atoms with E-state index in [1.807, 2.05) is 12.1 Å². The van der Waals surface area contributed by atoms with Crippen molar-refractivity contribution in [3.8, 4) is 11.5 Å². The topological polar surface area (TPSA) is 99.0 Å². The van der Waals surface area contributed by atoms with E-state index in [9.17, 15) is 19.7 Å². The number of nitrogens with zero attached hydrogens (tertiary/aromatic N) is 2. The Morgan fingerprint density at radius 3 is 2.12 bits per heavy atom. The third-order valence-corrected chi connectivity index (χ3v) is 9.15. The van der Waals surface area contributed by atoms with Crippen LogP contribution in [0.4, 0.5) is 5.69 Å². The molecule has 1 aliphatic heterocycles. The van der Waals surface area contributed by atoms with Gasteiger partial charge < -0.3 is 14.4 Å². The summed E-state index contributed by atoms with van der Waals surface area (Å²) in [7, 11) is 1.55. The van der Waals surface area contributed by atoms with Gasteiger partial charge in [-0.25, -0.2) is 0 Å². The maximum atomic E-state index is 14.0. The summed E-state index contributed by atoms with van der Waals surface area (Å²) in [5, 5.41) is 11.2. The number of ether oxygens (including phenoxy) is 2. The number of methoxy groups -OCH3 is 1. The molecule has 9 heteroatoms. The quantitative estimate of drug-likeness (QED) is 0.210. The molecule has 2 aromatic carbocycles. The van der Waals surface area contributed by atoms with E-state index in [4.69, 9.17) is 9.47 Å². The number of allylic oxidation sites excluding steroid dienone is 4. The number of carbonyl (C=O) groups is 2. The molecule has 0 radical (unpaired) electrons. The van der Waals surface area contributed by atoms with E-state index in [-0.39, 0.29) is 34.7 Å². The van der Waals surface area contributed by atoms with Crippen LogP contribution in [0.2, 0.25) is 0 Å². The van der Waals surface area contributed by atoms with Crippen molar-refractivity contribution in [1.29, 1.82) is 0 Å². The zero-order valence-electron chi connectivity index (χ0n) is 25.7. The summed E-state index contributed by atoms with van der Waals surface area (Å²) in [6.07, 6.45) is 3.27. The number of nitro groups is 1. The van der Waals surface area contributed by atoms with Gasteiger partial charge in [0, 0.05) is 60.0 Å². The summed E-state index contributed by atoms with van der Waals surface area (Å²) in [6, 6.07) is 10.1. The van der Waals surface area contributed by atoms with E-state index >= 15 is 0 Å². The molecule has 0 atom stereocenters. The van der Waals surface area contributed by atoms with Gasteiger partial charge in [-0.3, -0.25) is 19.7 Å². The number of ketones is 2. The molecule has 0 saturated heterocycles.